The van der Waals surface area contributed by atoms with Gasteiger partial charge in [0, 0.05) is 19.0 Å². The standard InChI is InChI=1S/C14H21NO/c1-11-5-4-6-13(9-11)14(16)7-8-15(3)10-12(14)2/h4-6,9,12,16H,7-8,10H2,1-3H3/t12-,14-/m0/s1. The average Bonchev–Trinajstić information content (AvgIpc) is 2.24. The maximum atomic E-state index is 10.8. The SMILES string of the molecule is Cc1cccc([C@]2(O)CCN(C)C[C@@H]2C)c1. The highest BCUT2D eigenvalue weighted by Crippen LogP contribution is 2.36. The third kappa shape index (κ3) is 2.00. The summed E-state index contributed by atoms with van der Waals surface area (Å²) in [6, 6.07) is 8.27. The van der Waals surface area contributed by atoms with Gasteiger partial charge < -0.3 is 10.0 Å². The highest BCUT2D eigenvalue weighted by Gasteiger charge is 2.39. The van der Waals surface area contributed by atoms with Gasteiger partial charge in [0.1, 0.15) is 0 Å². The summed E-state index contributed by atoms with van der Waals surface area (Å²) in [4.78, 5) is 2.29. The number of nitrogens with zero attached hydrogens (tertiary/aromatic N) is 1. The van der Waals surface area contributed by atoms with Crippen LogP contribution in [-0.2, 0) is 5.60 Å². The van der Waals surface area contributed by atoms with Crippen molar-refractivity contribution < 1.29 is 5.11 Å². The van der Waals surface area contributed by atoms with E-state index >= 15 is 0 Å². The molecule has 2 nitrogen and oxygen atoms in total. The van der Waals surface area contributed by atoms with Crippen LogP contribution in [0.15, 0.2) is 24.3 Å². The van der Waals surface area contributed by atoms with Crippen LogP contribution in [0.2, 0.25) is 0 Å². The number of rotatable bonds is 1. The predicted octanol–water partition coefficient (Wildman–Crippen LogP) is 2.15. The van der Waals surface area contributed by atoms with Crippen LogP contribution < -0.4 is 0 Å². The van der Waals surface area contributed by atoms with Crippen molar-refractivity contribution in [3.8, 4) is 0 Å². The Kier molecular flexibility index (Phi) is 3.04. The molecule has 1 N–H and O–H groups in total. The predicted molar refractivity (Wildman–Crippen MR) is 66.4 cm³/mol. The van der Waals surface area contributed by atoms with Crippen molar-refractivity contribution in [3.63, 3.8) is 0 Å². The van der Waals surface area contributed by atoms with Crippen molar-refractivity contribution in [1.29, 1.82) is 0 Å². The lowest BCUT2D eigenvalue weighted by molar-refractivity contribution is -0.0660. The highest BCUT2D eigenvalue weighted by atomic mass is 16.3. The molecule has 16 heavy (non-hydrogen) atoms. The Morgan fingerprint density at radius 2 is 2.19 bits per heavy atom. The summed E-state index contributed by atoms with van der Waals surface area (Å²) in [7, 11) is 2.12. The largest absolute Gasteiger partial charge is 0.385 e. The van der Waals surface area contributed by atoms with E-state index in [0.29, 0.717) is 0 Å². The molecule has 2 heteroatoms. The molecule has 88 valence electrons. The van der Waals surface area contributed by atoms with Gasteiger partial charge in [-0.15, -0.1) is 0 Å². The molecule has 0 unspecified atom stereocenters. The molecule has 0 spiro atoms. The second-order valence-electron chi connectivity index (χ2n) is 5.21. The molecule has 2 atom stereocenters. The summed E-state index contributed by atoms with van der Waals surface area (Å²) in [5, 5.41) is 10.8. The van der Waals surface area contributed by atoms with Gasteiger partial charge in [-0.2, -0.15) is 0 Å². The zero-order valence-corrected chi connectivity index (χ0v) is 10.4. The smallest absolute Gasteiger partial charge is 0.0946 e. The van der Waals surface area contributed by atoms with Crippen LogP contribution in [0, 0.1) is 12.8 Å². The fourth-order valence-corrected chi connectivity index (χ4v) is 2.66. The zero-order chi connectivity index (χ0) is 11.8. The van der Waals surface area contributed by atoms with Gasteiger partial charge in [-0.25, -0.2) is 0 Å². The molecular weight excluding hydrogens is 198 g/mol. The lowest BCUT2D eigenvalue weighted by Crippen LogP contribution is -2.47. The van der Waals surface area contributed by atoms with Gasteiger partial charge >= 0.3 is 0 Å². The first-order valence-corrected chi connectivity index (χ1v) is 6.00. The number of hydrogen-bond acceptors (Lipinski definition) is 2. The van der Waals surface area contributed by atoms with Gasteiger partial charge in [0.2, 0.25) is 0 Å². The first-order chi connectivity index (χ1) is 7.52. The van der Waals surface area contributed by atoms with Crippen molar-refractivity contribution in [2.75, 3.05) is 20.1 Å². The third-order valence-electron chi connectivity index (χ3n) is 3.79. The lowest BCUT2D eigenvalue weighted by Gasteiger charge is -2.42. The second-order valence-corrected chi connectivity index (χ2v) is 5.21. The molecule has 1 heterocycles. The Balaban J connectivity index is 2.31. The first-order valence-electron chi connectivity index (χ1n) is 6.00. The topological polar surface area (TPSA) is 23.5 Å². The van der Waals surface area contributed by atoms with Gasteiger partial charge in [0.25, 0.3) is 0 Å². The van der Waals surface area contributed by atoms with Gasteiger partial charge in [-0.05, 0) is 26.0 Å². The molecule has 0 aromatic heterocycles. The molecule has 1 aromatic rings. The maximum Gasteiger partial charge on any atom is 0.0946 e. The molecule has 0 bridgehead atoms. The number of aryl methyl sites for hydroxylation is 1. The van der Waals surface area contributed by atoms with Crippen LogP contribution in [0.5, 0.6) is 0 Å². The van der Waals surface area contributed by atoms with Crippen molar-refractivity contribution in [1.82, 2.24) is 4.90 Å². The van der Waals surface area contributed by atoms with Crippen LogP contribution in [-0.4, -0.2) is 30.1 Å². The summed E-state index contributed by atoms with van der Waals surface area (Å²) >= 11 is 0. The molecule has 0 amide bonds. The lowest BCUT2D eigenvalue weighted by atomic mass is 9.77. The van der Waals surface area contributed by atoms with E-state index in [4.69, 9.17) is 0 Å². The maximum absolute atomic E-state index is 10.8. The fraction of sp³-hybridized carbons (Fsp3) is 0.571. The van der Waals surface area contributed by atoms with Crippen LogP contribution in [0.4, 0.5) is 0 Å². The van der Waals surface area contributed by atoms with Crippen molar-refractivity contribution >= 4 is 0 Å². The zero-order valence-electron chi connectivity index (χ0n) is 10.4. The molecular formula is C14H21NO. The minimum atomic E-state index is -0.640. The molecule has 1 fully saturated rings. The van der Waals surface area contributed by atoms with Gasteiger partial charge in [-0.3, -0.25) is 0 Å². The summed E-state index contributed by atoms with van der Waals surface area (Å²) in [5.74, 6) is 0.285. The number of aliphatic hydroxyl groups is 1. The Bertz CT molecular complexity index is 377. The highest BCUT2D eigenvalue weighted by molar-refractivity contribution is 5.28. The molecule has 0 radical (unpaired) electrons. The molecule has 1 aliphatic rings. The van der Waals surface area contributed by atoms with Gasteiger partial charge in [0.15, 0.2) is 0 Å². The average molecular weight is 219 g/mol. The van der Waals surface area contributed by atoms with Crippen molar-refractivity contribution in [3.05, 3.63) is 35.4 Å². The van der Waals surface area contributed by atoms with E-state index in [1.54, 1.807) is 0 Å². The Hall–Kier alpha value is -0.860. The van der Waals surface area contributed by atoms with E-state index in [1.165, 1.54) is 5.56 Å². The Labute approximate surface area is 97.9 Å². The van der Waals surface area contributed by atoms with Gasteiger partial charge in [0.05, 0.1) is 5.60 Å². The quantitative estimate of drug-likeness (QED) is 0.782. The van der Waals surface area contributed by atoms with E-state index in [1.807, 2.05) is 6.07 Å². The number of benzene rings is 1. The Morgan fingerprint density at radius 3 is 2.81 bits per heavy atom. The molecule has 2 rings (SSSR count). The summed E-state index contributed by atoms with van der Waals surface area (Å²) < 4.78 is 0. The van der Waals surface area contributed by atoms with Crippen LogP contribution >= 0.6 is 0 Å². The molecule has 0 aliphatic carbocycles. The molecule has 0 saturated carbocycles. The van der Waals surface area contributed by atoms with E-state index in [9.17, 15) is 5.11 Å². The minimum Gasteiger partial charge on any atom is -0.385 e. The summed E-state index contributed by atoms with van der Waals surface area (Å²) in [6.45, 7) is 6.14. The second kappa shape index (κ2) is 4.19. The van der Waals surface area contributed by atoms with E-state index in [0.717, 1.165) is 25.1 Å². The number of hydrogen-bond donors (Lipinski definition) is 1. The number of likely N-dealkylation sites (tertiary alicyclic amines) is 1. The van der Waals surface area contributed by atoms with Crippen molar-refractivity contribution in [2.24, 2.45) is 5.92 Å². The monoisotopic (exact) mass is 219 g/mol. The first kappa shape index (κ1) is 11.6. The normalized spacial score (nSPS) is 31.6. The number of piperidine rings is 1. The van der Waals surface area contributed by atoms with E-state index in [-0.39, 0.29) is 5.92 Å². The molecule has 1 aliphatic heterocycles. The molecule has 1 saturated heterocycles. The fourth-order valence-electron chi connectivity index (χ4n) is 2.66. The van der Waals surface area contributed by atoms with Gasteiger partial charge in [-0.1, -0.05) is 36.8 Å². The molecule has 1 aromatic carbocycles. The third-order valence-corrected chi connectivity index (χ3v) is 3.79. The Morgan fingerprint density at radius 1 is 1.44 bits per heavy atom. The summed E-state index contributed by atoms with van der Waals surface area (Å²) in [6.07, 6.45) is 0.827. The van der Waals surface area contributed by atoms with Crippen LogP contribution in [0.1, 0.15) is 24.5 Å². The minimum absolute atomic E-state index is 0.285. The van der Waals surface area contributed by atoms with Crippen molar-refractivity contribution in [2.45, 2.75) is 25.9 Å². The van der Waals surface area contributed by atoms with E-state index in [2.05, 4.69) is 44.0 Å². The summed E-state index contributed by atoms with van der Waals surface area (Å²) in [5.41, 5.74) is 1.66. The van der Waals surface area contributed by atoms with E-state index < -0.39 is 5.60 Å². The van der Waals surface area contributed by atoms with Crippen LogP contribution in [0.3, 0.4) is 0 Å². The van der Waals surface area contributed by atoms with Crippen LogP contribution in [0.25, 0.3) is 0 Å².